The van der Waals surface area contributed by atoms with Crippen molar-refractivity contribution in [3.8, 4) is 0 Å². The Morgan fingerprint density at radius 3 is 2.40 bits per heavy atom. The van der Waals surface area contributed by atoms with Crippen LogP contribution >= 0.6 is 11.6 Å². The van der Waals surface area contributed by atoms with Gasteiger partial charge < -0.3 is 0 Å². The van der Waals surface area contributed by atoms with E-state index < -0.39 is 10.8 Å². The van der Waals surface area contributed by atoms with Crippen LogP contribution in [0.5, 0.6) is 0 Å². The second kappa shape index (κ2) is 5.34. The lowest BCUT2D eigenvalue weighted by molar-refractivity contribution is -0.384. The van der Waals surface area contributed by atoms with Gasteiger partial charge in [0.05, 0.1) is 10.5 Å². The number of nitro groups is 1. The van der Waals surface area contributed by atoms with Crippen LogP contribution in [0.2, 0.25) is 5.02 Å². The van der Waals surface area contributed by atoms with Gasteiger partial charge in [-0.3, -0.25) is 25.0 Å². The Morgan fingerprint density at radius 1 is 1.25 bits per heavy atom. The molecule has 0 saturated heterocycles. The van der Waals surface area contributed by atoms with Gasteiger partial charge in [0.1, 0.15) is 5.02 Å². The van der Waals surface area contributed by atoms with E-state index in [0.29, 0.717) is 0 Å². The van der Waals surface area contributed by atoms with Crippen molar-refractivity contribution in [3.63, 3.8) is 0 Å². The fourth-order valence-corrected chi connectivity index (χ4v) is 2.12. The molecule has 2 rings (SSSR count). The molecule has 6 nitrogen and oxygen atoms in total. The van der Waals surface area contributed by atoms with Gasteiger partial charge in [-0.2, -0.15) is 0 Å². The molecule has 0 atom stereocenters. The standard InChI is InChI=1S/C13H12ClN3O3/c1-8-6-7-9(2)16(8)15-13(18)10-4-3-5-11(12(10)14)17(19)20/h3-7H,1-2H3,(H,15,18). The molecule has 1 aromatic carbocycles. The van der Waals surface area contributed by atoms with Crippen LogP contribution in [-0.2, 0) is 0 Å². The van der Waals surface area contributed by atoms with Crippen LogP contribution in [0.25, 0.3) is 0 Å². The molecule has 20 heavy (non-hydrogen) atoms. The SMILES string of the molecule is Cc1ccc(C)n1NC(=O)c1cccc([N+](=O)[O-])c1Cl. The summed E-state index contributed by atoms with van der Waals surface area (Å²) in [7, 11) is 0. The molecule has 1 N–H and O–H groups in total. The molecular weight excluding hydrogens is 282 g/mol. The Hall–Kier alpha value is -2.34. The maximum atomic E-state index is 12.2. The lowest BCUT2D eigenvalue weighted by Crippen LogP contribution is -2.25. The van der Waals surface area contributed by atoms with Crippen molar-refractivity contribution in [3.05, 3.63) is 62.4 Å². The normalized spacial score (nSPS) is 10.3. The van der Waals surface area contributed by atoms with Crippen molar-refractivity contribution < 1.29 is 9.72 Å². The third-order valence-electron chi connectivity index (χ3n) is 2.90. The lowest BCUT2D eigenvalue weighted by Gasteiger charge is -2.12. The van der Waals surface area contributed by atoms with E-state index in [-0.39, 0.29) is 16.3 Å². The number of hydrogen-bond donors (Lipinski definition) is 1. The lowest BCUT2D eigenvalue weighted by atomic mass is 10.2. The Labute approximate surface area is 120 Å². The number of halogens is 1. The second-order valence-corrected chi connectivity index (χ2v) is 4.67. The minimum atomic E-state index is -0.620. The number of benzene rings is 1. The molecule has 7 heteroatoms. The number of hydrogen-bond acceptors (Lipinski definition) is 3. The number of nitrogens with one attached hydrogen (secondary N) is 1. The maximum absolute atomic E-state index is 12.2. The molecule has 0 bridgehead atoms. The first kappa shape index (κ1) is 14.1. The number of carbonyl (C=O) groups excluding carboxylic acids is 1. The first-order chi connectivity index (χ1) is 9.41. The monoisotopic (exact) mass is 293 g/mol. The van der Waals surface area contributed by atoms with Crippen molar-refractivity contribution >= 4 is 23.2 Å². The Bertz CT molecular complexity index is 675. The number of aromatic nitrogens is 1. The van der Waals surface area contributed by atoms with Crippen LogP contribution in [-0.4, -0.2) is 15.5 Å². The Morgan fingerprint density at radius 2 is 1.85 bits per heavy atom. The Kier molecular flexibility index (Phi) is 3.76. The summed E-state index contributed by atoms with van der Waals surface area (Å²) >= 11 is 5.91. The van der Waals surface area contributed by atoms with E-state index in [4.69, 9.17) is 11.6 Å². The average molecular weight is 294 g/mol. The predicted molar refractivity (Wildman–Crippen MR) is 75.7 cm³/mol. The van der Waals surface area contributed by atoms with E-state index in [1.807, 2.05) is 26.0 Å². The second-order valence-electron chi connectivity index (χ2n) is 4.29. The van der Waals surface area contributed by atoms with Crippen LogP contribution in [0.3, 0.4) is 0 Å². The van der Waals surface area contributed by atoms with Gasteiger partial charge in [-0.25, -0.2) is 0 Å². The fourth-order valence-electron chi connectivity index (χ4n) is 1.84. The van der Waals surface area contributed by atoms with Crippen molar-refractivity contribution in [1.29, 1.82) is 0 Å². The molecule has 2 aromatic rings. The molecule has 0 unspecified atom stereocenters. The molecule has 0 aliphatic carbocycles. The smallest absolute Gasteiger partial charge is 0.267 e. The van der Waals surface area contributed by atoms with Gasteiger partial charge in [-0.1, -0.05) is 17.7 Å². The maximum Gasteiger partial charge on any atom is 0.288 e. The quantitative estimate of drug-likeness (QED) is 0.698. The van der Waals surface area contributed by atoms with Crippen molar-refractivity contribution in [2.75, 3.05) is 5.43 Å². The molecule has 0 aliphatic rings. The number of rotatable bonds is 3. The van der Waals surface area contributed by atoms with Crippen LogP contribution in [0, 0.1) is 24.0 Å². The minimum Gasteiger partial charge on any atom is -0.267 e. The highest BCUT2D eigenvalue weighted by atomic mass is 35.5. The summed E-state index contributed by atoms with van der Waals surface area (Å²) in [6, 6.07) is 7.83. The van der Waals surface area contributed by atoms with Gasteiger partial charge in [-0.05, 0) is 32.0 Å². The number of amides is 1. The first-order valence-electron chi connectivity index (χ1n) is 5.81. The number of aryl methyl sites for hydroxylation is 2. The van der Waals surface area contributed by atoms with Crippen LogP contribution in [0.4, 0.5) is 5.69 Å². The fraction of sp³-hybridized carbons (Fsp3) is 0.154. The van der Waals surface area contributed by atoms with Crippen molar-refractivity contribution in [1.82, 2.24) is 4.68 Å². The van der Waals surface area contributed by atoms with Crippen molar-refractivity contribution in [2.24, 2.45) is 0 Å². The molecular formula is C13H12ClN3O3. The zero-order valence-corrected chi connectivity index (χ0v) is 11.6. The minimum absolute atomic E-state index is 0.0633. The largest absolute Gasteiger partial charge is 0.288 e. The molecule has 1 amide bonds. The molecule has 0 saturated carbocycles. The molecule has 1 heterocycles. The van der Waals surface area contributed by atoms with E-state index >= 15 is 0 Å². The van der Waals surface area contributed by atoms with Gasteiger partial charge in [0.2, 0.25) is 0 Å². The summed E-state index contributed by atoms with van der Waals surface area (Å²) in [5, 5.41) is 10.6. The van der Waals surface area contributed by atoms with E-state index in [2.05, 4.69) is 5.43 Å². The first-order valence-corrected chi connectivity index (χ1v) is 6.19. The van der Waals surface area contributed by atoms with E-state index in [1.54, 1.807) is 4.68 Å². The highest BCUT2D eigenvalue weighted by Crippen LogP contribution is 2.27. The topological polar surface area (TPSA) is 77.2 Å². The summed E-state index contributed by atoms with van der Waals surface area (Å²) in [5.41, 5.74) is 4.11. The summed E-state index contributed by atoms with van der Waals surface area (Å²) in [4.78, 5) is 22.4. The average Bonchev–Trinajstić information content (AvgIpc) is 2.70. The highest BCUT2D eigenvalue weighted by Gasteiger charge is 2.20. The third kappa shape index (κ3) is 2.50. The molecule has 0 fully saturated rings. The number of nitro benzene ring substituents is 1. The zero-order chi connectivity index (χ0) is 14.9. The summed E-state index contributed by atoms with van der Waals surface area (Å²) in [5.74, 6) is -0.499. The number of nitrogens with zero attached hydrogens (tertiary/aromatic N) is 2. The molecule has 0 spiro atoms. The van der Waals surface area contributed by atoms with Crippen LogP contribution in [0.15, 0.2) is 30.3 Å². The van der Waals surface area contributed by atoms with Gasteiger partial charge >= 0.3 is 0 Å². The van der Waals surface area contributed by atoms with Gasteiger partial charge in [-0.15, -0.1) is 0 Å². The summed E-state index contributed by atoms with van der Waals surface area (Å²) in [6.45, 7) is 3.67. The predicted octanol–water partition coefficient (Wildman–Crippen LogP) is 3.05. The summed E-state index contributed by atoms with van der Waals surface area (Å²) < 4.78 is 1.59. The molecule has 1 aromatic heterocycles. The van der Waals surface area contributed by atoms with E-state index in [1.165, 1.54) is 18.2 Å². The molecule has 104 valence electrons. The van der Waals surface area contributed by atoms with Gasteiger partial charge in [0.15, 0.2) is 0 Å². The Balaban J connectivity index is 2.35. The van der Waals surface area contributed by atoms with Gasteiger partial charge in [0, 0.05) is 17.5 Å². The van der Waals surface area contributed by atoms with Crippen LogP contribution < -0.4 is 5.43 Å². The van der Waals surface area contributed by atoms with Gasteiger partial charge in [0.25, 0.3) is 11.6 Å². The summed E-state index contributed by atoms with van der Waals surface area (Å²) in [6.07, 6.45) is 0. The number of carbonyl (C=O) groups is 1. The molecule has 0 radical (unpaired) electrons. The highest BCUT2D eigenvalue weighted by molar-refractivity contribution is 6.36. The zero-order valence-electron chi connectivity index (χ0n) is 10.9. The third-order valence-corrected chi connectivity index (χ3v) is 3.30. The van der Waals surface area contributed by atoms with Crippen LogP contribution in [0.1, 0.15) is 21.7 Å². The van der Waals surface area contributed by atoms with E-state index in [0.717, 1.165) is 11.4 Å². The molecule has 0 aliphatic heterocycles. The van der Waals surface area contributed by atoms with E-state index in [9.17, 15) is 14.9 Å². The van der Waals surface area contributed by atoms with Crippen molar-refractivity contribution in [2.45, 2.75) is 13.8 Å².